The lowest BCUT2D eigenvalue weighted by molar-refractivity contribution is -0.141. The van der Waals surface area contributed by atoms with E-state index >= 15 is 0 Å². The molecule has 2 saturated carbocycles. The molecule has 2 fully saturated rings. The molecule has 0 aromatic heterocycles. The summed E-state index contributed by atoms with van der Waals surface area (Å²) in [5.41, 5.74) is 4.39. The maximum atomic E-state index is 11.6. The van der Waals surface area contributed by atoms with Gasteiger partial charge in [-0.15, -0.1) is 0 Å². The Morgan fingerprint density at radius 2 is 1.96 bits per heavy atom. The first-order valence-corrected chi connectivity index (χ1v) is 11.8. The molecule has 4 aliphatic rings. The average Bonchev–Trinajstić information content (AvgIpc) is 3.03. The van der Waals surface area contributed by atoms with Crippen LogP contribution in [-0.2, 0) is 9.53 Å². The Labute approximate surface area is 171 Å². The largest absolute Gasteiger partial charge is 0.469 e. The lowest BCUT2D eigenvalue weighted by Gasteiger charge is -2.55. The molecule has 0 saturated heterocycles. The van der Waals surface area contributed by atoms with Crippen molar-refractivity contribution in [1.29, 1.82) is 0 Å². The zero-order chi connectivity index (χ0) is 20.1. The Kier molecular flexibility index (Phi) is 5.44. The van der Waals surface area contributed by atoms with Crippen molar-refractivity contribution >= 4 is 5.97 Å². The molecule has 0 aliphatic heterocycles. The average molecular weight is 389 g/mol. The molecule has 7 atom stereocenters. The van der Waals surface area contributed by atoms with Gasteiger partial charge in [0.1, 0.15) is 0 Å². The quantitative estimate of drug-likeness (QED) is 0.499. The van der Waals surface area contributed by atoms with Crippen LogP contribution in [0.2, 0.25) is 0 Å². The van der Waals surface area contributed by atoms with Crippen molar-refractivity contribution in [2.75, 3.05) is 7.11 Å². The van der Waals surface area contributed by atoms with Gasteiger partial charge in [0.2, 0.25) is 0 Å². The Bertz CT molecular complexity index is 652. The van der Waals surface area contributed by atoms with Gasteiger partial charge in [-0.1, -0.05) is 31.9 Å². The molecule has 0 unspecified atom stereocenters. The van der Waals surface area contributed by atoms with Crippen molar-refractivity contribution in [3.05, 3.63) is 11.1 Å². The number of rotatable bonds is 4. The highest BCUT2D eigenvalue weighted by Gasteiger charge is 2.55. The van der Waals surface area contributed by atoms with Crippen LogP contribution in [0.25, 0.3) is 0 Å². The number of carbonyl (C=O) groups is 1. The molecule has 0 bridgehead atoms. The van der Waals surface area contributed by atoms with Crippen LogP contribution in [0.15, 0.2) is 11.1 Å². The SMILES string of the molecule is COC(=O)CC[C@H](C)[C@H]1CC[C@H]2C3=C(CC[C@]12C)[C@@]1(C)CC[C@H](O)C[C@@H]1CC3. The Hall–Kier alpha value is -0.830. The van der Waals surface area contributed by atoms with Crippen LogP contribution in [0.3, 0.4) is 0 Å². The fraction of sp³-hybridized carbons (Fsp3) is 0.880. The van der Waals surface area contributed by atoms with E-state index in [1.54, 1.807) is 5.57 Å². The topological polar surface area (TPSA) is 46.5 Å². The molecule has 3 nitrogen and oxygen atoms in total. The molecule has 0 aromatic rings. The van der Waals surface area contributed by atoms with E-state index in [2.05, 4.69) is 20.8 Å². The maximum Gasteiger partial charge on any atom is 0.305 e. The van der Waals surface area contributed by atoms with Gasteiger partial charge in [0.25, 0.3) is 0 Å². The van der Waals surface area contributed by atoms with E-state index in [1.165, 1.54) is 52.1 Å². The van der Waals surface area contributed by atoms with Gasteiger partial charge in [-0.2, -0.15) is 0 Å². The number of ether oxygens (including phenoxy) is 1. The third kappa shape index (κ3) is 3.16. The van der Waals surface area contributed by atoms with Gasteiger partial charge in [0, 0.05) is 6.42 Å². The van der Waals surface area contributed by atoms with Gasteiger partial charge in [-0.3, -0.25) is 4.79 Å². The maximum absolute atomic E-state index is 11.6. The number of hydrogen-bond acceptors (Lipinski definition) is 3. The molecule has 0 amide bonds. The van der Waals surface area contributed by atoms with Crippen molar-refractivity contribution in [3.63, 3.8) is 0 Å². The highest BCUT2D eigenvalue weighted by molar-refractivity contribution is 5.69. The summed E-state index contributed by atoms with van der Waals surface area (Å²) in [6.07, 6.45) is 12.4. The molecule has 0 radical (unpaired) electrons. The second-order valence-corrected chi connectivity index (χ2v) is 10.9. The van der Waals surface area contributed by atoms with E-state index < -0.39 is 0 Å². The minimum atomic E-state index is -0.0689. The molecular formula is C25H40O3. The van der Waals surface area contributed by atoms with Crippen molar-refractivity contribution < 1.29 is 14.6 Å². The summed E-state index contributed by atoms with van der Waals surface area (Å²) in [5, 5.41) is 10.2. The monoisotopic (exact) mass is 388 g/mol. The molecule has 0 spiro atoms. The van der Waals surface area contributed by atoms with Crippen molar-refractivity contribution in [1.82, 2.24) is 0 Å². The lowest BCUT2D eigenvalue weighted by Crippen LogP contribution is -2.45. The third-order valence-corrected chi connectivity index (χ3v) is 9.76. The zero-order valence-corrected chi connectivity index (χ0v) is 18.4. The van der Waals surface area contributed by atoms with Crippen LogP contribution < -0.4 is 0 Å². The number of esters is 1. The summed E-state index contributed by atoms with van der Waals surface area (Å²) in [6, 6.07) is 0. The summed E-state index contributed by atoms with van der Waals surface area (Å²) >= 11 is 0. The predicted octanol–water partition coefficient (Wildman–Crippen LogP) is 5.66. The molecule has 158 valence electrons. The van der Waals surface area contributed by atoms with Gasteiger partial charge in [-0.05, 0) is 98.7 Å². The second kappa shape index (κ2) is 7.45. The molecule has 0 aromatic carbocycles. The number of methoxy groups -OCH3 is 1. The van der Waals surface area contributed by atoms with Crippen LogP contribution >= 0.6 is 0 Å². The lowest BCUT2D eigenvalue weighted by atomic mass is 9.50. The fourth-order valence-electron chi connectivity index (χ4n) is 8.06. The summed E-state index contributed by atoms with van der Waals surface area (Å²) in [4.78, 5) is 11.6. The van der Waals surface area contributed by atoms with E-state index in [9.17, 15) is 9.90 Å². The summed E-state index contributed by atoms with van der Waals surface area (Å²) in [5.74, 6) is 2.70. The number of aliphatic hydroxyl groups is 1. The standard InChI is InChI=1S/C25H40O3/c1-16(5-10-23(27)28-4)20-8-9-21-19-7-6-17-15-18(26)11-13-24(17,2)22(19)12-14-25(20,21)3/h16-18,20-21,26H,5-15H2,1-4H3/t16-,17-,18-,20+,21-,24-,25+/m0/s1. The minimum absolute atomic E-state index is 0.0640. The van der Waals surface area contributed by atoms with Crippen molar-refractivity contribution in [2.24, 2.45) is 34.5 Å². The number of hydrogen-bond donors (Lipinski definition) is 1. The Morgan fingerprint density at radius 3 is 2.71 bits per heavy atom. The van der Waals surface area contributed by atoms with Gasteiger partial charge < -0.3 is 9.84 Å². The third-order valence-electron chi connectivity index (χ3n) is 9.76. The Balaban J connectivity index is 1.55. The van der Waals surface area contributed by atoms with Crippen LogP contribution in [0.4, 0.5) is 0 Å². The fourth-order valence-corrected chi connectivity index (χ4v) is 8.06. The molecule has 4 rings (SSSR count). The van der Waals surface area contributed by atoms with Crippen LogP contribution in [0.5, 0.6) is 0 Å². The van der Waals surface area contributed by atoms with E-state index in [-0.39, 0.29) is 12.1 Å². The van der Waals surface area contributed by atoms with Crippen LogP contribution in [-0.4, -0.2) is 24.3 Å². The molecule has 0 heterocycles. The zero-order valence-electron chi connectivity index (χ0n) is 18.4. The van der Waals surface area contributed by atoms with Gasteiger partial charge in [0.15, 0.2) is 0 Å². The summed E-state index contributed by atoms with van der Waals surface area (Å²) in [6.45, 7) is 7.45. The second-order valence-electron chi connectivity index (χ2n) is 10.9. The van der Waals surface area contributed by atoms with Crippen molar-refractivity contribution in [2.45, 2.75) is 97.5 Å². The Morgan fingerprint density at radius 1 is 1.18 bits per heavy atom. The number of fused-ring (bicyclic) bond motifs is 4. The number of aliphatic hydroxyl groups excluding tert-OH is 1. The van der Waals surface area contributed by atoms with Gasteiger partial charge in [0.05, 0.1) is 13.2 Å². The molecule has 3 heteroatoms. The number of carbonyl (C=O) groups excluding carboxylic acids is 1. The van der Waals surface area contributed by atoms with Crippen LogP contribution in [0.1, 0.15) is 91.4 Å². The molecule has 1 N–H and O–H groups in total. The van der Waals surface area contributed by atoms with E-state index in [0.717, 1.165) is 31.1 Å². The first-order chi connectivity index (χ1) is 13.3. The van der Waals surface area contributed by atoms with E-state index in [4.69, 9.17) is 4.74 Å². The van der Waals surface area contributed by atoms with Crippen molar-refractivity contribution in [3.8, 4) is 0 Å². The summed E-state index contributed by atoms with van der Waals surface area (Å²) < 4.78 is 4.87. The van der Waals surface area contributed by atoms with E-state index in [1.807, 2.05) is 5.57 Å². The first kappa shape index (κ1) is 20.4. The highest BCUT2D eigenvalue weighted by Crippen LogP contribution is 2.65. The smallest absolute Gasteiger partial charge is 0.305 e. The molecular weight excluding hydrogens is 348 g/mol. The number of allylic oxidation sites excluding steroid dienone is 2. The predicted molar refractivity (Wildman–Crippen MR) is 112 cm³/mol. The normalized spacial score (nSPS) is 43.8. The van der Waals surface area contributed by atoms with Crippen LogP contribution in [0, 0.1) is 34.5 Å². The molecule has 28 heavy (non-hydrogen) atoms. The highest BCUT2D eigenvalue weighted by atomic mass is 16.5. The van der Waals surface area contributed by atoms with E-state index in [0.29, 0.717) is 29.1 Å². The summed E-state index contributed by atoms with van der Waals surface area (Å²) in [7, 11) is 1.50. The minimum Gasteiger partial charge on any atom is -0.469 e. The molecule has 4 aliphatic carbocycles. The van der Waals surface area contributed by atoms with Gasteiger partial charge >= 0.3 is 5.97 Å². The van der Waals surface area contributed by atoms with Gasteiger partial charge in [-0.25, -0.2) is 0 Å². The first-order valence-electron chi connectivity index (χ1n) is 11.8.